The Kier molecular flexibility index (Phi) is 3.85. The van der Waals surface area contributed by atoms with E-state index in [2.05, 4.69) is 5.32 Å². The number of carbonyl (C=O) groups is 1. The fourth-order valence-electron chi connectivity index (χ4n) is 1.84. The number of hydrogen-bond donors (Lipinski definition) is 1. The van der Waals surface area contributed by atoms with Gasteiger partial charge in [0.15, 0.2) is 5.78 Å². The van der Waals surface area contributed by atoms with Gasteiger partial charge in [-0.15, -0.1) is 0 Å². The second-order valence-electron chi connectivity index (χ2n) is 3.92. The first kappa shape index (κ1) is 11.5. The smallest absolute Gasteiger partial charge is 0.162 e. The molecule has 2 atom stereocenters. The maximum atomic E-state index is 11.9. The van der Waals surface area contributed by atoms with Crippen molar-refractivity contribution in [2.75, 3.05) is 12.3 Å². The van der Waals surface area contributed by atoms with Crippen LogP contribution in [0.15, 0.2) is 35.2 Å². The van der Waals surface area contributed by atoms with Crippen LogP contribution in [0.2, 0.25) is 0 Å². The molecule has 2 unspecified atom stereocenters. The largest absolute Gasteiger partial charge is 0.307 e. The first-order valence-electron chi connectivity index (χ1n) is 5.47. The Morgan fingerprint density at radius 3 is 2.75 bits per heavy atom. The van der Waals surface area contributed by atoms with Crippen molar-refractivity contribution in [3.63, 3.8) is 0 Å². The minimum atomic E-state index is -1.20. The number of carbonyl (C=O) groups excluding carboxylic acids is 1. The molecule has 0 aliphatic carbocycles. The van der Waals surface area contributed by atoms with Crippen LogP contribution in [0.5, 0.6) is 0 Å². The third-order valence-electron chi connectivity index (χ3n) is 2.73. The molecule has 0 spiro atoms. The number of Topliss-reactive ketones (excluding diaryl/α,β-unsaturated/α-hetero) is 1. The second kappa shape index (κ2) is 5.37. The zero-order valence-electron chi connectivity index (χ0n) is 9.02. The van der Waals surface area contributed by atoms with Gasteiger partial charge < -0.3 is 5.32 Å². The third-order valence-corrected chi connectivity index (χ3v) is 4.07. The lowest BCUT2D eigenvalue weighted by atomic mass is 10.2. The van der Waals surface area contributed by atoms with Crippen LogP contribution in [-0.2, 0) is 15.6 Å². The molecule has 2 rings (SSSR count). The van der Waals surface area contributed by atoms with Crippen LogP contribution in [0.4, 0.5) is 0 Å². The van der Waals surface area contributed by atoms with Gasteiger partial charge in [-0.05, 0) is 31.5 Å². The average molecular weight is 237 g/mol. The summed E-state index contributed by atoms with van der Waals surface area (Å²) in [6.07, 6.45) is 1.92. The van der Waals surface area contributed by atoms with E-state index in [-0.39, 0.29) is 17.6 Å². The molecule has 16 heavy (non-hydrogen) atoms. The van der Waals surface area contributed by atoms with Gasteiger partial charge in [0.05, 0.1) is 22.6 Å². The Balaban J connectivity index is 1.94. The highest BCUT2D eigenvalue weighted by Crippen LogP contribution is 2.10. The molecule has 1 heterocycles. The van der Waals surface area contributed by atoms with Crippen molar-refractivity contribution in [3.8, 4) is 0 Å². The molecule has 1 aromatic rings. The minimum absolute atomic E-state index is 0.0692. The number of hydrogen-bond acceptors (Lipinski definition) is 3. The zero-order valence-corrected chi connectivity index (χ0v) is 9.83. The quantitative estimate of drug-likeness (QED) is 0.853. The summed E-state index contributed by atoms with van der Waals surface area (Å²) < 4.78 is 11.9. The van der Waals surface area contributed by atoms with Gasteiger partial charge in [-0.3, -0.25) is 9.00 Å². The maximum Gasteiger partial charge on any atom is 0.162 e. The van der Waals surface area contributed by atoms with Gasteiger partial charge in [-0.25, -0.2) is 0 Å². The van der Waals surface area contributed by atoms with Crippen LogP contribution in [0.1, 0.15) is 12.8 Å². The van der Waals surface area contributed by atoms with Gasteiger partial charge in [0, 0.05) is 4.90 Å². The highest BCUT2D eigenvalue weighted by molar-refractivity contribution is 7.85. The van der Waals surface area contributed by atoms with E-state index in [9.17, 15) is 9.00 Å². The number of nitrogens with one attached hydrogen (secondary N) is 1. The molecule has 1 fully saturated rings. The molecular formula is C12H15NO2S. The first-order chi connectivity index (χ1) is 7.77. The lowest BCUT2D eigenvalue weighted by molar-refractivity contribution is -0.118. The van der Waals surface area contributed by atoms with E-state index in [0.717, 1.165) is 24.3 Å². The first-order valence-corrected chi connectivity index (χ1v) is 6.79. The van der Waals surface area contributed by atoms with Crippen molar-refractivity contribution in [1.82, 2.24) is 5.32 Å². The molecule has 0 radical (unpaired) electrons. The summed E-state index contributed by atoms with van der Waals surface area (Å²) in [6, 6.07) is 9.07. The van der Waals surface area contributed by atoms with Crippen LogP contribution in [0, 0.1) is 0 Å². The van der Waals surface area contributed by atoms with Gasteiger partial charge in [-0.2, -0.15) is 0 Å². The lowest BCUT2D eigenvalue weighted by Gasteiger charge is -2.08. The van der Waals surface area contributed by atoms with Gasteiger partial charge in [0.25, 0.3) is 0 Å². The lowest BCUT2D eigenvalue weighted by Crippen LogP contribution is -2.33. The van der Waals surface area contributed by atoms with Gasteiger partial charge in [-0.1, -0.05) is 18.2 Å². The standard InChI is InChI=1S/C12H15NO2S/c14-12(11-7-4-8-13-11)9-16(15)10-5-2-1-3-6-10/h1-3,5-6,11,13H,4,7-9H2. The Hall–Kier alpha value is -1.00. The molecular weight excluding hydrogens is 222 g/mol. The van der Waals surface area contributed by atoms with Crippen molar-refractivity contribution >= 4 is 16.6 Å². The highest BCUT2D eigenvalue weighted by Gasteiger charge is 2.23. The van der Waals surface area contributed by atoms with E-state index >= 15 is 0 Å². The number of benzene rings is 1. The summed E-state index contributed by atoms with van der Waals surface area (Å²) in [6.45, 7) is 0.897. The third kappa shape index (κ3) is 2.77. The highest BCUT2D eigenvalue weighted by atomic mass is 32.2. The summed E-state index contributed by atoms with van der Waals surface area (Å²) in [5.41, 5.74) is 0. The maximum absolute atomic E-state index is 11.9. The molecule has 0 bridgehead atoms. The molecule has 1 N–H and O–H groups in total. The van der Waals surface area contributed by atoms with E-state index in [1.807, 2.05) is 18.2 Å². The van der Waals surface area contributed by atoms with Crippen molar-refractivity contribution < 1.29 is 9.00 Å². The van der Waals surface area contributed by atoms with E-state index < -0.39 is 10.8 Å². The van der Waals surface area contributed by atoms with Gasteiger partial charge in [0.2, 0.25) is 0 Å². The summed E-state index contributed by atoms with van der Waals surface area (Å²) in [5.74, 6) is 0.196. The predicted octanol–water partition coefficient (Wildman–Crippen LogP) is 1.12. The van der Waals surface area contributed by atoms with Crippen LogP contribution >= 0.6 is 0 Å². The Labute approximate surface area is 97.7 Å². The molecule has 1 aliphatic rings. The fourth-order valence-corrected chi connectivity index (χ4v) is 2.93. The summed E-state index contributed by atoms with van der Waals surface area (Å²) in [4.78, 5) is 12.5. The van der Waals surface area contributed by atoms with E-state index in [0.29, 0.717) is 0 Å². The summed E-state index contributed by atoms with van der Waals surface area (Å²) >= 11 is 0. The van der Waals surface area contributed by atoms with E-state index in [4.69, 9.17) is 0 Å². The van der Waals surface area contributed by atoms with E-state index in [1.165, 1.54) is 0 Å². The molecule has 3 nitrogen and oxygen atoms in total. The molecule has 0 aromatic heterocycles. The zero-order chi connectivity index (χ0) is 11.4. The van der Waals surface area contributed by atoms with Crippen molar-refractivity contribution in [1.29, 1.82) is 0 Å². The predicted molar refractivity (Wildman–Crippen MR) is 63.7 cm³/mol. The van der Waals surface area contributed by atoms with Crippen molar-refractivity contribution in [2.45, 2.75) is 23.8 Å². The van der Waals surface area contributed by atoms with Crippen LogP contribution in [0.25, 0.3) is 0 Å². The van der Waals surface area contributed by atoms with Gasteiger partial charge >= 0.3 is 0 Å². The number of ketones is 1. The molecule has 1 aromatic carbocycles. The monoisotopic (exact) mass is 237 g/mol. The minimum Gasteiger partial charge on any atom is -0.307 e. The molecule has 4 heteroatoms. The van der Waals surface area contributed by atoms with Crippen LogP contribution in [-0.4, -0.2) is 28.3 Å². The normalized spacial score (nSPS) is 21.9. The van der Waals surface area contributed by atoms with Crippen molar-refractivity contribution in [2.24, 2.45) is 0 Å². The Morgan fingerprint density at radius 1 is 1.38 bits per heavy atom. The topological polar surface area (TPSA) is 46.2 Å². The average Bonchev–Trinajstić information content (AvgIpc) is 2.83. The van der Waals surface area contributed by atoms with Gasteiger partial charge in [0.1, 0.15) is 0 Å². The molecule has 86 valence electrons. The molecule has 0 saturated carbocycles. The van der Waals surface area contributed by atoms with E-state index in [1.54, 1.807) is 12.1 Å². The van der Waals surface area contributed by atoms with Crippen LogP contribution in [0.3, 0.4) is 0 Å². The molecule has 1 saturated heterocycles. The van der Waals surface area contributed by atoms with Crippen LogP contribution < -0.4 is 5.32 Å². The summed E-state index contributed by atoms with van der Waals surface area (Å²) in [7, 11) is -1.20. The SMILES string of the molecule is O=C(CS(=O)c1ccccc1)C1CCCN1. The molecule has 0 amide bonds. The Morgan fingerprint density at radius 2 is 2.12 bits per heavy atom. The molecule has 1 aliphatic heterocycles. The van der Waals surface area contributed by atoms with Crippen molar-refractivity contribution in [3.05, 3.63) is 30.3 Å². The fraction of sp³-hybridized carbons (Fsp3) is 0.417. The summed E-state index contributed by atoms with van der Waals surface area (Å²) in [5, 5.41) is 3.13. The number of rotatable bonds is 4. The Bertz CT molecular complexity index is 385. The second-order valence-corrected chi connectivity index (χ2v) is 5.37.